The molecule has 1 heterocycles. The maximum absolute atomic E-state index is 9.93. The molecule has 0 aromatic heterocycles. The van der Waals surface area contributed by atoms with Gasteiger partial charge in [0.05, 0.1) is 6.10 Å². The first-order valence-corrected chi connectivity index (χ1v) is 7.75. The van der Waals surface area contributed by atoms with Crippen molar-refractivity contribution in [1.82, 2.24) is 10.2 Å². The molecule has 1 fully saturated rings. The zero-order chi connectivity index (χ0) is 14.5. The van der Waals surface area contributed by atoms with Crippen molar-refractivity contribution in [1.29, 1.82) is 0 Å². The van der Waals surface area contributed by atoms with Gasteiger partial charge in [-0.2, -0.15) is 0 Å². The second-order valence-corrected chi connectivity index (χ2v) is 6.35. The third-order valence-electron chi connectivity index (χ3n) is 4.36. The van der Waals surface area contributed by atoms with Gasteiger partial charge in [0, 0.05) is 31.7 Å². The fourth-order valence-corrected chi connectivity index (χ4v) is 2.95. The molecule has 1 aliphatic heterocycles. The number of hydrogen-bond acceptors (Lipinski definition) is 3. The van der Waals surface area contributed by atoms with Gasteiger partial charge < -0.3 is 10.4 Å². The van der Waals surface area contributed by atoms with Crippen LogP contribution in [0.4, 0.5) is 0 Å². The molecular weight excluding hydrogens is 248 g/mol. The van der Waals surface area contributed by atoms with E-state index in [-0.39, 0.29) is 6.10 Å². The van der Waals surface area contributed by atoms with Crippen LogP contribution in [-0.4, -0.2) is 41.3 Å². The molecule has 0 amide bonds. The SMILES string of the molecule is CC(O)C1CC(NCc2ccccc2)CN(C(C)C)C1. The highest BCUT2D eigenvalue weighted by Crippen LogP contribution is 2.22. The minimum Gasteiger partial charge on any atom is -0.393 e. The molecule has 3 unspecified atom stereocenters. The van der Waals surface area contributed by atoms with E-state index in [1.807, 2.05) is 13.0 Å². The quantitative estimate of drug-likeness (QED) is 0.866. The van der Waals surface area contributed by atoms with Crippen LogP contribution in [0.1, 0.15) is 32.8 Å². The smallest absolute Gasteiger partial charge is 0.0553 e. The molecule has 3 nitrogen and oxygen atoms in total. The lowest BCUT2D eigenvalue weighted by atomic mass is 9.89. The van der Waals surface area contributed by atoms with E-state index in [1.165, 1.54) is 5.56 Å². The highest BCUT2D eigenvalue weighted by molar-refractivity contribution is 5.14. The van der Waals surface area contributed by atoms with Gasteiger partial charge in [0.25, 0.3) is 0 Å². The molecule has 0 aliphatic carbocycles. The minimum atomic E-state index is -0.224. The summed E-state index contributed by atoms with van der Waals surface area (Å²) >= 11 is 0. The summed E-state index contributed by atoms with van der Waals surface area (Å²) < 4.78 is 0. The van der Waals surface area contributed by atoms with E-state index in [1.54, 1.807) is 0 Å². The average molecular weight is 276 g/mol. The van der Waals surface area contributed by atoms with Crippen molar-refractivity contribution in [2.75, 3.05) is 13.1 Å². The van der Waals surface area contributed by atoms with Crippen LogP contribution in [-0.2, 0) is 6.54 Å². The van der Waals surface area contributed by atoms with E-state index in [0.717, 1.165) is 26.1 Å². The van der Waals surface area contributed by atoms with Crippen molar-refractivity contribution in [2.24, 2.45) is 5.92 Å². The molecule has 2 N–H and O–H groups in total. The van der Waals surface area contributed by atoms with E-state index >= 15 is 0 Å². The van der Waals surface area contributed by atoms with Gasteiger partial charge in [0.1, 0.15) is 0 Å². The third-order valence-corrected chi connectivity index (χ3v) is 4.36. The van der Waals surface area contributed by atoms with E-state index in [2.05, 4.69) is 48.3 Å². The van der Waals surface area contributed by atoms with Crippen LogP contribution in [0.3, 0.4) is 0 Å². The van der Waals surface area contributed by atoms with Crippen LogP contribution in [0.2, 0.25) is 0 Å². The third kappa shape index (κ3) is 4.30. The zero-order valence-electron chi connectivity index (χ0n) is 12.9. The van der Waals surface area contributed by atoms with Crippen LogP contribution < -0.4 is 5.32 Å². The maximum Gasteiger partial charge on any atom is 0.0553 e. The first-order valence-electron chi connectivity index (χ1n) is 7.75. The number of rotatable bonds is 5. The van der Waals surface area contributed by atoms with E-state index < -0.39 is 0 Å². The molecule has 0 radical (unpaired) electrons. The van der Waals surface area contributed by atoms with Crippen LogP contribution in [0, 0.1) is 5.92 Å². The number of likely N-dealkylation sites (tertiary alicyclic amines) is 1. The Balaban J connectivity index is 1.92. The summed E-state index contributed by atoms with van der Waals surface area (Å²) in [4.78, 5) is 2.48. The number of hydrogen-bond donors (Lipinski definition) is 2. The summed E-state index contributed by atoms with van der Waals surface area (Å²) in [6.07, 6.45) is 0.839. The number of benzene rings is 1. The molecule has 1 aromatic rings. The molecule has 112 valence electrons. The standard InChI is InChI=1S/C17H28N2O/c1-13(2)19-11-16(14(3)20)9-17(12-19)18-10-15-7-5-4-6-8-15/h4-8,13-14,16-18,20H,9-12H2,1-3H3. The summed E-state index contributed by atoms with van der Waals surface area (Å²) in [5.74, 6) is 0.374. The molecule has 3 atom stereocenters. The lowest BCUT2D eigenvalue weighted by Gasteiger charge is -2.41. The predicted molar refractivity (Wildman–Crippen MR) is 83.6 cm³/mol. The second kappa shape index (κ2) is 7.21. The minimum absolute atomic E-state index is 0.224. The van der Waals surface area contributed by atoms with Crippen molar-refractivity contribution < 1.29 is 5.11 Å². The van der Waals surface area contributed by atoms with Crippen LogP contribution in [0.15, 0.2) is 30.3 Å². The topological polar surface area (TPSA) is 35.5 Å². The Morgan fingerprint density at radius 2 is 1.90 bits per heavy atom. The fraction of sp³-hybridized carbons (Fsp3) is 0.647. The zero-order valence-corrected chi connectivity index (χ0v) is 12.9. The first kappa shape index (κ1) is 15.5. The Labute approximate surface area is 123 Å². The number of nitrogens with zero attached hydrogens (tertiary/aromatic N) is 1. The summed E-state index contributed by atoms with van der Waals surface area (Å²) in [6, 6.07) is 11.5. The van der Waals surface area contributed by atoms with Crippen molar-refractivity contribution in [3.05, 3.63) is 35.9 Å². The Morgan fingerprint density at radius 3 is 2.50 bits per heavy atom. The second-order valence-electron chi connectivity index (χ2n) is 6.35. The molecule has 0 spiro atoms. The molecular formula is C17H28N2O. The van der Waals surface area contributed by atoms with Crippen molar-refractivity contribution in [3.8, 4) is 0 Å². The van der Waals surface area contributed by atoms with Crippen LogP contribution in [0.25, 0.3) is 0 Å². The normalized spacial score (nSPS) is 25.9. The Kier molecular flexibility index (Phi) is 5.58. The lowest BCUT2D eigenvalue weighted by molar-refractivity contribution is 0.0352. The van der Waals surface area contributed by atoms with Gasteiger partial charge in [0.2, 0.25) is 0 Å². The summed E-state index contributed by atoms with van der Waals surface area (Å²) in [5.41, 5.74) is 1.32. The Hall–Kier alpha value is -0.900. The lowest BCUT2D eigenvalue weighted by Crippen LogP contribution is -2.53. The number of piperidine rings is 1. The molecule has 1 aromatic carbocycles. The van der Waals surface area contributed by atoms with Gasteiger partial charge in [-0.15, -0.1) is 0 Å². The average Bonchev–Trinajstić information content (AvgIpc) is 2.45. The van der Waals surface area contributed by atoms with Crippen molar-refractivity contribution in [3.63, 3.8) is 0 Å². The van der Waals surface area contributed by atoms with Gasteiger partial charge in [-0.25, -0.2) is 0 Å². The maximum atomic E-state index is 9.93. The summed E-state index contributed by atoms with van der Waals surface area (Å²) in [7, 11) is 0. The van der Waals surface area contributed by atoms with Gasteiger partial charge in [-0.05, 0) is 38.7 Å². The van der Waals surface area contributed by atoms with Crippen LogP contribution in [0.5, 0.6) is 0 Å². The molecule has 1 aliphatic rings. The largest absolute Gasteiger partial charge is 0.393 e. The number of nitrogens with one attached hydrogen (secondary N) is 1. The van der Waals surface area contributed by atoms with Gasteiger partial charge in [-0.1, -0.05) is 30.3 Å². The molecule has 1 saturated heterocycles. The fourth-order valence-electron chi connectivity index (χ4n) is 2.95. The van der Waals surface area contributed by atoms with E-state index in [4.69, 9.17) is 0 Å². The molecule has 0 saturated carbocycles. The number of aliphatic hydroxyl groups excluding tert-OH is 1. The predicted octanol–water partition coefficient (Wildman–Crippen LogP) is 2.26. The van der Waals surface area contributed by atoms with Crippen LogP contribution >= 0.6 is 0 Å². The molecule has 3 heteroatoms. The van der Waals surface area contributed by atoms with Gasteiger partial charge in [-0.3, -0.25) is 4.90 Å². The molecule has 20 heavy (non-hydrogen) atoms. The highest BCUT2D eigenvalue weighted by Gasteiger charge is 2.30. The van der Waals surface area contributed by atoms with Gasteiger partial charge in [0.15, 0.2) is 0 Å². The highest BCUT2D eigenvalue weighted by atomic mass is 16.3. The van der Waals surface area contributed by atoms with Gasteiger partial charge >= 0.3 is 0 Å². The van der Waals surface area contributed by atoms with Crippen molar-refractivity contribution >= 4 is 0 Å². The first-order chi connectivity index (χ1) is 9.56. The van der Waals surface area contributed by atoms with E-state index in [0.29, 0.717) is 18.0 Å². The molecule has 2 rings (SSSR count). The monoisotopic (exact) mass is 276 g/mol. The Morgan fingerprint density at radius 1 is 1.20 bits per heavy atom. The Bertz CT molecular complexity index is 375. The summed E-state index contributed by atoms with van der Waals surface area (Å²) in [5, 5.41) is 13.6. The number of aliphatic hydroxyl groups is 1. The summed E-state index contributed by atoms with van der Waals surface area (Å²) in [6.45, 7) is 9.39. The molecule has 0 bridgehead atoms. The van der Waals surface area contributed by atoms with Crippen molar-refractivity contribution in [2.45, 2.75) is 51.9 Å². The van der Waals surface area contributed by atoms with E-state index in [9.17, 15) is 5.11 Å².